The third-order valence-electron chi connectivity index (χ3n) is 3.76. The molecule has 24 heavy (non-hydrogen) atoms. The molecule has 0 radical (unpaired) electrons. The van der Waals surface area contributed by atoms with Crippen LogP contribution in [0.15, 0.2) is 61.1 Å². The van der Waals surface area contributed by atoms with E-state index in [0.717, 1.165) is 11.1 Å². The van der Waals surface area contributed by atoms with E-state index in [4.69, 9.17) is 0 Å². The van der Waals surface area contributed by atoms with E-state index < -0.39 is 0 Å². The number of halogens is 1. The second-order valence-electron chi connectivity index (χ2n) is 5.46. The molecule has 0 atom stereocenters. The lowest BCUT2D eigenvalue weighted by Gasteiger charge is -2.07. The molecule has 118 valence electrons. The smallest absolute Gasteiger partial charge is 0.168 e. The first kappa shape index (κ1) is 14.3. The van der Waals surface area contributed by atoms with Gasteiger partial charge in [-0.25, -0.2) is 19.0 Å². The van der Waals surface area contributed by atoms with Crippen molar-refractivity contribution in [1.29, 1.82) is 0 Å². The van der Waals surface area contributed by atoms with Gasteiger partial charge in [0.05, 0.1) is 11.6 Å². The molecule has 0 aliphatic heterocycles. The number of benzene rings is 2. The Morgan fingerprint density at radius 1 is 1.00 bits per heavy atom. The first-order valence-corrected chi connectivity index (χ1v) is 7.50. The van der Waals surface area contributed by atoms with Gasteiger partial charge < -0.3 is 5.32 Å². The van der Waals surface area contributed by atoms with Gasteiger partial charge in [-0.1, -0.05) is 29.8 Å². The Balaban J connectivity index is 1.79. The van der Waals surface area contributed by atoms with Crippen LogP contribution in [0.3, 0.4) is 0 Å². The normalized spacial score (nSPS) is 10.9. The summed E-state index contributed by atoms with van der Waals surface area (Å²) in [7, 11) is 0. The van der Waals surface area contributed by atoms with Gasteiger partial charge in [0.25, 0.3) is 0 Å². The third-order valence-corrected chi connectivity index (χ3v) is 3.76. The van der Waals surface area contributed by atoms with Crippen LogP contribution in [0.2, 0.25) is 0 Å². The molecule has 1 N–H and O–H groups in total. The number of hydrogen-bond acceptors (Lipinski definition) is 4. The average Bonchev–Trinajstić information content (AvgIpc) is 3.02. The quantitative estimate of drug-likeness (QED) is 0.620. The van der Waals surface area contributed by atoms with Crippen LogP contribution in [0.5, 0.6) is 0 Å². The lowest BCUT2D eigenvalue weighted by atomic mass is 10.2. The SMILES string of the molecule is Cc1ccc(Nc2ncnc3c2cnn3-c2ccccc2F)cc1. The van der Waals surface area contributed by atoms with Crippen LogP contribution in [0.4, 0.5) is 15.9 Å². The third kappa shape index (κ3) is 2.48. The van der Waals surface area contributed by atoms with Crippen LogP contribution in [0.1, 0.15) is 5.56 Å². The fraction of sp³-hybridized carbons (Fsp3) is 0.0556. The molecule has 4 rings (SSSR count). The van der Waals surface area contributed by atoms with Crippen molar-refractivity contribution >= 4 is 22.5 Å². The molecule has 2 heterocycles. The minimum Gasteiger partial charge on any atom is -0.340 e. The first-order valence-electron chi connectivity index (χ1n) is 7.50. The van der Waals surface area contributed by atoms with Crippen LogP contribution in [0, 0.1) is 12.7 Å². The van der Waals surface area contributed by atoms with Gasteiger partial charge in [0.2, 0.25) is 0 Å². The monoisotopic (exact) mass is 319 g/mol. The van der Waals surface area contributed by atoms with E-state index in [1.165, 1.54) is 22.6 Å². The molecule has 0 spiro atoms. The maximum atomic E-state index is 14.0. The molecular formula is C18H14FN5. The second kappa shape index (κ2) is 5.73. The summed E-state index contributed by atoms with van der Waals surface area (Å²) in [4.78, 5) is 8.54. The van der Waals surface area contributed by atoms with Crippen molar-refractivity contribution in [2.75, 3.05) is 5.32 Å². The average molecular weight is 319 g/mol. The van der Waals surface area contributed by atoms with Crippen molar-refractivity contribution in [2.45, 2.75) is 6.92 Å². The van der Waals surface area contributed by atoms with Crippen molar-refractivity contribution in [3.63, 3.8) is 0 Å². The van der Waals surface area contributed by atoms with Crippen molar-refractivity contribution in [3.8, 4) is 5.69 Å². The van der Waals surface area contributed by atoms with Crippen LogP contribution in [-0.4, -0.2) is 19.7 Å². The Labute approximate surface area is 137 Å². The van der Waals surface area contributed by atoms with Gasteiger partial charge in [-0.3, -0.25) is 0 Å². The molecule has 0 amide bonds. The van der Waals surface area contributed by atoms with Gasteiger partial charge in [-0.2, -0.15) is 5.10 Å². The van der Waals surface area contributed by atoms with Crippen LogP contribution in [0.25, 0.3) is 16.7 Å². The summed E-state index contributed by atoms with van der Waals surface area (Å²) in [5.74, 6) is 0.278. The Morgan fingerprint density at radius 2 is 1.79 bits per heavy atom. The number of fused-ring (bicyclic) bond motifs is 1. The number of nitrogens with one attached hydrogen (secondary N) is 1. The lowest BCUT2D eigenvalue weighted by Crippen LogP contribution is -2.01. The zero-order chi connectivity index (χ0) is 16.5. The number of para-hydroxylation sites is 1. The van der Waals surface area contributed by atoms with Gasteiger partial charge >= 0.3 is 0 Å². The molecule has 0 saturated carbocycles. The summed E-state index contributed by atoms with van der Waals surface area (Å²) in [6.45, 7) is 2.03. The van der Waals surface area contributed by atoms with E-state index in [1.54, 1.807) is 24.4 Å². The fourth-order valence-corrected chi connectivity index (χ4v) is 2.52. The summed E-state index contributed by atoms with van der Waals surface area (Å²) in [6.07, 6.45) is 3.08. The van der Waals surface area contributed by atoms with Gasteiger partial charge in [0.1, 0.15) is 23.6 Å². The predicted octanol–water partition coefficient (Wildman–Crippen LogP) is 4.01. The summed E-state index contributed by atoms with van der Waals surface area (Å²) < 4.78 is 15.5. The van der Waals surface area contributed by atoms with Crippen LogP contribution >= 0.6 is 0 Å². The standard InChI is InChI=1S/C18H14FN5/c1-12-6-8-13(9-7-12)23-17-14-10-22-24(18(14)21-11-20-17)16-5-3-2-4-15(16)19/h2-11H,1H3,(H,20,21,23). The summed E-state index contributed by atoms with van der Waals surface area (Å²) in [5.41, 5.74) is 3.00. The second-order valence-corrected chi connectivity index (χ2v) is 5.46. The largest absolute Gasteiger partial charge is 0.340 e. The zero-order valence-electron chi connectivity index (χ0n) is 12.9. The highest BCUT2D eigenvalue weighted by atomic mass is 19.1. The fourth-order valence-electron chi connectivity index (χ4n) is 2.52. The molecule has 0 unspecified atom stereocenters. The predicted molar refractivity (Wildman–Crippen MR) is 91.1 cm³/mol. The van der Waals surface area contributed by atoms with Crippen molar-refractivity contribution in [3.05, 3.63) is 72.4 Å². The Hall–Kier alpha value is -3.28. The summed E-state index contributed by atoms with van der Waals surface area (Å²) in [5, 5.41) is 8.26. The maximum absolute atomic E-state index is 14.0. The lowest BCUT2D eigenvalue weighted by molar-refractivity contribution is 0.612. The maximum Gasteiger partial charge on any atom is 0.168 e. The highest BCUT2D eigenvalue weighted by Gasteiger charge is 2.13. The molecule has 5 nitrogen and oxygen atoms in total. The molecule has 6 heteroatoms. The van der Waals surface area contributed by atoms with E-state index in [9.17, 15) is 4.39 Å². The van der Waals surface area contributed by atoms with Crippen LogP contribution < -0.4 is 5.32 Å². The van der Waals surface area contributed by atoms with E-state index in [2.05, 4.69) is 20.4 Å². The minimum absolute atomic E-state index is 0.353. The van der Waals surface area contributed by atoms with E-state index in [1.807, 2.05) is 31.2 Å². The number of aromatic nitrogens is 4. The summed E-state index contributed by atoms with van der Waals surface area (Å²) >= 11 is 0. The van der Waals surface area contributed by atoms with Gasteiger partial charge in [0.15, 0.2) is 5.65 Å². The molecule has 0 aliphatic rings. The summed E-state index contributed by atoms with van der Waals surface area (Å²) in [6, 6.07) is 14.5. The molecule has 4 aromatic rings. The Bertz CT molecular complexity index is 1010. The molecule has 2 aromatic carbocycles. The number of nitrogens with zero attached hydrogens (tertiary/aromatic N) is 4. The molecular weight excluding hydrogens is 305 g/mol. The molecule has 2 aromatic heterocycles. The van der Waals surface area contributed by atoms with E-state index >= 15 is 0 Å². The molecule has 0 fully saturated rings. The van der Waals surface area contributed by atoms with Gasteiger partial charge in [-0.05, 0) is 31.2 Å². The number of aryl methyl sites for hydroxylation is 1. The van der Waals surface area contributed by atoms with E-state index in [-0.39, 0.29) is 5.82 Å². The van der Waals surface area contributed by atoms with Gasteiger partial charge in [0, 0.05) is 5.69 Å². The molecule has 0 aliphatic carbocycles. The van der Waals surface area contributed by atoms with E-state index in [0.29, 0.717) is 17.2 Å². The molecule has 0 saturated heterocycles. The van der Waals surface area contributed by atoms with Crippen molar-refractivity contribution in [1.82, 2.24) is 19.7 Å². The number of anilines is 2. The number of hydrogen-bond donors (Lipinski definition) is 1. The highest BCUT2D eigenvalue weighted by molar-refractivity contribution is 5.89. The van der Waals surface area contributed by atoms with Crippen LogP contribution in [-0.2, 0) is 0 Å². The topological polar surface area (TPSA) is 55.6 Å². The first-order chi connectivity index (χ1) is 11.7. The van der Waals surface area contributed by atoms with Crippen molar-refractivity contribution < 1.29 is 4.39 Å². The van der Waals surface area contributed by atoms with Gasteiger partial charge in [-0.15, -0.1) is 0 Å². The zero-order valence-corrected chi connectivity index (χ0v) is 12.9. The molecule has 0 bridgehead atoms. The Morgan fingerprint density at radius 3 is 2.58 bits per heavy atom. The Kier molecular flexibility index (Phi) is 3.42. The van der Waals surface area contributed by atoms with Crippen molar-refractivity contribution in [2.24, 2.45) is 0 Å². The minimum atomic E-state index is -0.353. The highest BCUT2D eigenvalue weighted by Crippen LogP contribution is 2.25. The number of rotatable bonds is 3.